The highest BCUT2D eigenvalue weighted by Crippen LogP contribution is 2.25. The molecule has 1 fully saturated rings. The average molecular weight is 201 g/mol. The van der Waals surface area contributed by atoms with Crippen LogP contribution in [0.3, 0.4) is 0 Å². The molecule has 0 spiro atoms. The van der Waals surface area contributed by atoms with E-state index in [0.717, 1.165) is 18.9 Å². The van der Waals surface area contributed by atoms with Crippen molar-refractivity contribution >= 4 is 0 Å². The smallest absolute Gasteiger partial charge is 0.0794 e. The first kappa shape index (κ1) is 12.0. The first-order valence-electron chi connectivity index (χ1n) is 5.51. The van der Waals surface area contributed by atoms with Gasteiger partial charge < -0.3 is 15.2 Å². The van der Waals surface area contributed by atoms with Crippen LogP contribution in [-0.2, 0) is 4.74 Å². The van der Waals surface area contributed by atoms with Crippen LogP contribution < -0.4 is 5.32 Å². The lowest BCUT2D eigenvalue weighted by Crippen LogP contribution is -2.53. The van der Waals surface area contributed by atoms with Crippen LogP contribution >= 0.6 is 0 Å². The largest absolute Gasteiger partial charge is 0.388 e. The van der Waals surface area contributed by atoms with Gasteiger partial charge in [0, 0.05) is 26.2 Å². The van der Waals surface area contributed by atoms with Gasteiger partial charge in [-0.25, -0.2) is 0 Å². The number of hydrogen-bond donors (Lipinski definition) is 2. The molecule has 0 amide bonds. The molecule has 0 aliphatic carbocycles. The molecule has 0 saturated carbocycles. The highest BCUT2D eigenvalue weighted by Gasteiger charge is 2.34. The molecule has 3 atom stereocenters. The van der Waals surface area contributed by atoms with Crippen LogP contribution in [0.4, 0.5) is 0 Å². The topological polar surface area (TPSA) is 41.5 Å². The van der Waals surface area contributed by atoms with Crippen LogP contribution in [0, 0.1) is 5.92 Å². The van der Waals surface area contributed by atoms with E-state index in [9.17, 15) is 5.11 Å². The Balaban J connectivity index is 2.43. The Morgan fingerprint density at radius 1 is 1.57 bits per heavy atom. The molecule has 3 unspecified atom stereocenters. The van der Waals surface area contributed by atoms with E-state index in [4.69, 9.17) is 4.74 Å². The van der Waals surface area contributed by atoms with E-state index < -0.39 is 5.60 Å². The van der Waals surface area contributed by atoms with Gasteiger partial charge in [0.2, 0.25) is 0 Å². The monoisotopic (exact) mass is 201 g/mol. The predicted molar refractivity (Wildman–Crippen MR) is 57.3 cm³/mol. The third kappa shape index (κ3) is 3.23. The Morgan fingerprint density at radius 2 is 2.29 bits per heavy atom. The van der Waals surface area contributed by atoms with Gasteiger partial charge in [-0.1, -0.05) is 6.92 Å². The number of rotatable bonds is 4. The summed E-state index contributed by atoms with van der Waals surface area (Å²) in [5.74, 6) is 0.718. The Bertz CT molecular complexity index is 171. The Kier molecular flexibility index (Phi) is 4.35. The quantitative estimate of drug-likeness (QED) is 0.717. The lowest BCUT2D eigenvalue weighted by Gasteiger charge is -2.38. The maximum Gasteiger partial charge on any atom is 0.0794 e. The van der Waals surface area contributed by atoms with Gasteiger partial charge in [-0.15, -0.1) is 0 Å². The van der Waals surface area contributed by atoms with Crippen LogP contribution in [0.15, 0.2) is 0 Å². The van der Waals surface area contributed by atoms with Crippen LogP contribution in [0.25, 0.3) is 0 Å². The number of hydrogen-bond acceptors (Lipinski definition) is 3. The zero-order valence-electron chi connectivity index (χ0n) is 9.55. The highest BCUT2D eigenvalue weighted by atomic mass is 16.5. The summed E-state index contributed by atoms with van der Waals surface area (Å²) in [6.07, 6.45) is 2.99. The SMILES string of the molecule is COCCC(C)(O)C1CC(C)CCN1. The van der Waals surface area contributed by atoms with Crippen molar-refractivity contribution in [2.24, 2.45) is 5.92 Å². The lowest BCUT2D eigenvalue weighted by atomic mass is 9.83. The van der Waals surface area contributed by atoms with Gasteiger partial charge in [-0.2, -0.15) is 0 Å². The van der Waals surface area contributed by atoms with Crippen molar-refractivity contribution < 1.29 is 9.84 Å². The van der Waals surface area contributed by atoms with Gasteiger partial charge in [-0.3, -0.25) is 0 Å². The number of methoxy groups -OCH3 is 1. The summed E-state index contributed by atoms with van der Waals surface area (Å²) in [5, 5.41) is 13.6. The zero-order chi connectivity index (χ0) is 10.6. The third-order valence-corrected chi connectivity index (χ3v) is 3.23. The normalized spacial score (nSPS) is 32.6. The molecular formula is C11H23NO2. The summed E-state index contributed by atoms with van der Waals surface area (Å²) in [6.45, 7) is 5.80. The van der Waals surface area contributed by atoms with E-state index in [1.165, 1.54) is 6.42 Å². The molecule has 1 saturated heterocycles. The lowest BCUT2D eigenvalue weighted by molar-refractivity contribution is -0.0209. The fourth-order valence-electron chi connectivity index (χ4n) is 2.06. The van der Waals surface area contributed by atoms with Gasteiger partial charge in [-0.05, 0) is 32.2 Å². The van der Waals surface area contributed by atoms with Crippen molar-refractivity contribution in [2.45, 2.75) is 44.8 Å². The van der Waals surface area contributed by atoms with Gasteiger partial charge in [0.15, 0.2) is 0 Å². The fourth-order valence-corrected chi connectivity index (χ4v) is 2.06. The van der Waals surface area contributed by atoms with E-state index in [2.05, 4.69) is 12.2 Å². The van der Waals surface area contributed by atoms with Gasteiger partial charge >= 0.3 is 0 Å². The molecule has 14 heavy (non-hydrogen) atoms. The van der Waals surface area contributed by atoms with Crippen molar-refractivity contribution in [2.75, 3.05) is 20.3 Å². The van der Waals surface area contributed by atoms with Crippen LogP contribution in [0.5, 0.6) is 0 Å². The summed E-state index contributed by atoms with van der Waals surface area (Å²) >= 11 is 0. The summed E-state index contributed by atoms with van der Waals surface area (Å²) in [4.78, 5) is 0. The predicted octanol–water partition coefficient (Wildman–Crippen LogP) is 1.16. The molecule has 0 aromatic rings. The van der Waals surface area contributed by atoms with Crippen LogP contribution in [0.2, 0.25) is 0 Å². The molecular weight excluding hydrogens is 178 g/mol. The second kappa shape index (κ2) is 5.10. The number of nitrogens with one attached hydrogen (secondary N) is 1. The molecule has 1 rings (SSSR count). The Hall–Kier alpha value is -0.120. The van der Waals surface area contributed by atoms with E-state index in [1.807, 2.05) is 6.92 Å². The molecule has 1 aliphatic rings. The molecule has 3 nitrogen and oxygen atoms in total. The minimum atomic E-state index is -0.634. The second-order valence-corrected chi connectivity index (χ2v) is 4.74. The Morgan fingerprint density at radius 3 is 2.86 bits per heavy atom. The van der Waals surface area contributed by atoms with Crippen molar-refractivity contribution in [1.29, 1.82) is 0 Å². The Labute approximate surface area is 86.8 Å². The van der Waals surface area contributed by atoms with Crippen molar-refractivity contribution in [3.05, 3.63) is 0 Å². The van der Waals surface area contributed by atoms with Crippen LogP contribution in [0.1, 0.15) is 33.1 Å². The molecule has 3 heteroatoms. The molecule has 0 aromatic heterocycles. The first-order valence-corrected chi connectivity index (χ1v) is 5.51. The van der Waals surface area contributed by atoms with Crippen LogP contribution in [-0.4, -0.2) is 37.0 Å². The third-order valence-electron chi connectivity index (χ3n) is 3.23. The highest BCUT2D eigenvalue weighted by molar-refractivity contribution is 4.91. The molecule has 0 aromatic carbocycles. The van der Waals surface area contributed by atoms with Gasteiger partial charge in [0.25, 0.3) is 0 Å². The summed E-state index contributed by atoms with van der Waals surface area (Å²) < 4.78 is 5.01. The standard InChI is InChI=1S/C11H23NO2/c1-9-4-6-12-10(8-9)11(2,13)5-7-14-3/h9-10,12-13H,4-8H2,1-3H3. The van der Waals surface area contributed by atoms with E-state index >= 15 is 0 Å². The van der Waals surface area contributed by atoms with E-state index in [0.29, 0.717) is 13.0 Å². The number of ether oxygens (including phenoxy) is 1. The minimum absolute atomic E-state index is 0.224. The minimum Gasteiger partial charge on any atom is -0.388 e. The molecule has 0 radical (unpaired) electrons. The number of aliphatic hydroxyl groups is 1. The first-order chi connectivity index (χ1) is 6.56. The van der Waals surface area contributed by atoms with Gasteiger partial charge in [0.1, 0.15) is 0 Å². The second-order valence-electron chi connectivity index (χ2n) is 4.74. The molecule has 2 N–H and O–H groups in total. The summed E-state index contributed by atoms with van der Waals surface area (Å²) in [7, 11) is 1.67. The van der Waals surface area contributed by atoms with Crippen molar-refractivity contribution in [1.82, 2.24) is 5.32 Å². The van der Waals surface area contributed by atoms with Crippen molar-refractivity contribution in [3.63, 3.8) is 0 Å². The fraction of sp³-hybridized carbons (Fsp3) is 1.00. The zero-order valence-corrected chi connectivity index (χ0v) is 9.55. The summed E-state index contributed by atoms with van der Waals surface area (Å²) in [5.41, 5.74) is -0.634. The molecule has 1 aliphatic heterocycles. The molecule has 1 heterocycles. The molecule has 84 valence electrons. The number of piperidine rings is 1. The average Bonchev–Trinajstić information content (AvgIpc) is 2.15. The van der Waals surface area contributed by atoms with Crippen molar-refractivity contribution in [3.8, 4) is 0 Å². The van der Waals surface area contributed by atoms with E-state index in [1.54, 1.807) is 7.11 Å². The van der Waals surface area contributed by atoms with Gasteiger partial charge in [0.05, 0.1) is 5.60 Å². The molecule has 0 bridgehead atoms. The van der Waals surface area contributed by atoms with E-state index in [-0.39, 0.29) is 6.04 Å². The maximum absolute atomic E-state index is 10.2. The maximum atomic E-state index is 10.2. The summed E-state index contributed by atoms with van der Waals surface area (Å²) in [6, 6.07) is 0.224.